The van der Waals surface area contributed by atoms with E-state index < -0.39 is 12.0 Å². The highest BCUT2D eigenvalue weighted by Gasteiger charge is 2.34. The SMILES string of the molecule is Cc1ccc(NC(=O)N2CSC[C@H]2C(=O)O)cc1Br. The molecule has 0 spiro atoms. The summed E-state index contributed by atoms with van der Waals surface area (Å²) in [7, 11) is 0. The molecule has 0 unspecified atom stereocenters. The van der Waals surface area contributed by atoms with Crippen LogP contribution >= 0.6 is 27.7 Å². The van der Waals surface area contributed by atoms with Crippen molar-refractivity contribution in [2.24, 2.45) is 0 Å². The monoisotopic (exact) mass is 344 g/mol. The molecule has 7 heteroatoms. The smallest absolute Gasteiger partial charge is 0.327 e. The highest BCUT2D eigenvalue weighted by Crippen LogP contribution is 2.24. The molecule has 1 aromatic rings. The van der Waals surface area contributed by atoms with Gasteiger partial charge in [0.15, 0.2) is 0 Å². The van der Waals surface area contributed by atoms with E-state index >= 15 is 0 Å². The Kier molecular flexibility index (Phi) is 4.36. The number of hydrogen-bond donors (Lipinski definition) is 2. The zero-order valence-electron chi connectivity index (χ0n) is 10.2. The van der Waals surface area contributed by atoms with E-state index in [9.17, 15) is 9.59 Å². The van der Waals surface area contributed by atoms with Gasteiger partial charge < -0.3 is 15.3 Å². The molecule has 1 atom stereocenters. The molecule has 1 heterocycles. The molecule has 0 radical (unpaired) electrons. The molecule has 1 fully saturated rings. The maximum atomic E-state index is 12.0. The number of nitrogens with zero attached hydrogens (tertiary/aromatic N) is 1. The van der Waals surface area contributed by atoms with Crippen molar-refractivity contribution in [2.75, 3.05) is 16.9 Å². The van der Waals surface area contributed by atoms with Crippen molar-refractivity contribution in [3.05, 3.63) is 28.2 Å². The van der Waals surface area contributed by atoms with Gasteiger partial charge in [-0.25, -0.2) is 9.59 Å². The van der Waals surface area contributed by atoms with E-state index in [0.29, 0.717) is 17.3 Å². The normalized spacial score (nSPS) is 18.4. The summed E-state index contributed by atoms with van der Waals surface area (Å²) in [4.78, 5) is 24.4. The summed E-state index contributed by atoms with van der Waals surface area (Å²) in [6.07, 6.45) is 0. The minimum Gasteiger partial charge on any atom is -0.480 e. The minimum absolute atomic E-state index is 0.381. The van der Waals surface area contributed by atoms with Crippen LogP contribution in [-0.4, -0.2) is 39.7 Å². The fourth-order valence-corrected chi connectivity index (χ4v) is 3.24. The van der Waals surface area contributed by atoms with Crippen LogP contribution < -0.4 is 5.32 Å². The van der Waals surface area contributed by atoms with Gasteiger partial charge in [-0.3, -0.25) is 0 Å². The number of carboxylic acids is 1. The molecule has 1 aliphatic heterocycles. The van der Waals surface area contributed by atoms with Crippen molar-refractivity contribution in [3.63, 3.8) is 0 Å². The van der Waals surface area contributed by atoms with Gasteiger partial charge in [0.2, 0.25) is 0 Å². The van der Waals surface area contributed by atoms with Gasteiger partial charge in [-0.15, -0.1) is 11.8 Å². The average Bonchev–Trinajstić information content (AvgIpc) is 2.83. The van der Waals surface area contributed by atoms with Crippen LogP contribution in [0.2, 0.25) is 0 Å². The first-order valence-electron chi connectivity index (χ1n) is 5.63. The second kappa shape index (κ2) is 5.83. The first-order chi connectivity index (χ1) is 8.99. The van der Waals surface area contributed by atoms with Crippen molar-refractivity contribution in [1.29, 1.82) is 0 Å². The Labute approximate surface area is 123 Å². The lowest BCUT2D eigenvalue weighted by molar-refractivity contribution is -0.140. The zero-order chi connectivity index (χ0) is 14.0. The fourth-order valence-electron chi connectivity index (χ4n) is 1.71. The summed E-state index contributed by atoms with van der Waals surface area (Å²) < 4.78 is 0.899. The van der Waals surface area contributed by atoms with Gasteiger partial charge in [0.1, 0.15) is 6.04 Å². The number of anilines is 1. The summed E-state index contributed by atoms with van der Waals surface area (Å²) in [6, 6.07) is 4.34. The van der Waals surface area contributed by atoms with E-state index in [0.717, 1.165) is 10.0 Å². The lowest BCUT2D eigenvalue weighted by atomic mass is 10.2. The summed E-state index contributed by atoms with van der Waals surface area (Å²) in [5.41, 5.74) is 1.71. The first-order valence-corrected chi connectivity index (χ1v) is 7.58. The number of urea groups is 1. The van der Waals surface area contributed by atoms with E-state index in [1.165, 1.54) is 16.7 Å². The number of carboxylic acid groups (broad SMARTS) is 1. The third kappa shape index (κ3) is 3.22. The molecule has 1 saturated heterocycles. The van der Waals surface area contributed by atoms with E-state index in [-0.39, 0.29) is 6.03 Å². The molecule has 0 bridgehead atoms. The van der Waals surface area contributed by atoms with Gasteiger partial charge in [-0.05, 0) is 24.6 Å². The summed E-state index contributed by atoms with van der Waals surface area (Å²) in [5, 5.41) is 11.8. The third-order valence-electron chi connectivity index (χ3n) is 2.85. The van der Waals surface area contributed by atoms with Crippen LogP contribution in [0.25, 0.3) is 0 Å². The van der Waals surface area contributed by atoms with E-state index in [1.54, 1.807) is 12.1 Å². The molecule has 1 aliphatic rings. The number of thioether (sulfide) groups is 1. The Balaban J connectivity index is 2.08. The van der Waals surface area contributed by atoms with Crippen molar-refractivity contribution in [3.8, 4) is 0 Å². The molecule has 2 N–H and O–H groups in total. The van der Waals surface area contributed by atoms with Gasteiger partial charge >= 0.3 is 12.0 Å². The number of carbonyl (C=O) groups is 2. The van der Waals surface area contributed by atoms with Crippen LogP contribution in [0.1, 0.15) is 5.56 Å². The summed E-state index contributed by atoms with van der Waals surface area (Å²) >= 11 is 4.83. The topological polar surface area (TPSA) is 69.6 Å². The predicted molar refractivity (Wildman–Crippen MR) is 78.5 cm³/mol. The quantitative estimate of drug-likeness (QED) is 0.865. The Hall–Kier alpha value is -1.21. The largest absolute Gasteiger partial charge is 0.480 e. The van der Waals surface area contributed by atoms with E-state index in [1.807, 2.05) is 13.0 Å². The van der Waals surface area contributed by atoms with Crippen molar-refractivity contribution >= 4 is 45.4 Å². The average molecular weight is 345 g/mol. The number of aliphatic carboxylic acids is 1. The molecule has 0 aromatic heterocycles. The van der Waals surface area contributed by atoms with E-state index in [4.69, 9.17) is 5.11 Å². The molecule has 2 rings (SSSR count). The van der Waals surface area contributed by atoms with E-state index in [2.05, 4.69) is 21.2 Å². The number of halogens is 1. The Morgan fingerprint density at radius 3 is 2.89 bits per heavy atom. The molecule has 2 amide bonds. The zero-order valence-corrected chi connectivity index (χ0v) is 12.6. The Morgan fingerprint density at radius 2 is 2.26 bits per heavy atom. The number of carbonyl (C=O) groups excluding carboxylic acids is 1. The van der Waals surface area contributed by atoms with Gasteiger partial charge in [-0.1, -0.05) is 22.0 Å². The molecule has 5 nitrogen and oxygen atoms in total. The van der Waals surface area contributed by atoms with Crippen LogP contribution in [-0.2, 0) is 4.79 Å². The van der Waals surface area contributed by atoms with Crippen LogP contribution in [0.5, 0.6) is 0 Å². The Bertz CT molecular complexity index is 524. The molecule has 0 saturated carbocycles. The van der Waals surface area contributed by atoms with Crippen molar-refractivity contribution in [2.45, 2.75) is 13.0 Å². The van der Waals surface area contributed by atoms with Crippen molar-refractivity contribution < 1.29 is 14.7 Å². The van der Waals surface area contributed by atoms with Gasteiger partial charge in [0.25, 0.3) is 0 Å². The highest BCUT2D eigenvalue weighted by molar-refractivity contribution is 9.10. The molecular formula is C12H13BrN2O3S. The molecule has 19 heavy (non-hydrogen) atoms. The molecule has 1 aromatic carbocycles. The lowest BCUT2D eigenvalue weighted by Gasteiger charge is -2.21. The predicted octanol–water partition coefficient (Wildman–Crippen LogP) is 2.75. The van der Waals surface area contributed by atoms with Crippen LogP contribution in [0, 0.1) is 6.92 Å². The molecular weight excluding hydrogens is 332 g/mol. The Morgan fingerprint density at radius 1 is 1.53 bits per heavy atom. The first kappa shape index (κ1) is 14.2. The number of rotatable bonds is 2. The van der Waals surface area contributed by atoms with Crippen LogP contribution in [0.3, 0.4) is 0 Å². The fraction of sp³-hybridized carbons (Fsp3) is 0.333. The lowest BCUT2D eigenvalue weighted by Crippen LogP contribution is -2.43. The number of amides is 2. The van der Waals surface area contributed by atoms with Crippen LogP contribution in [0.15, 0.2) is 22.7 Å². The number of nitrogens with one attached hydrogen (secondary N) is 1. The molecule has 0 aliphatic carbocycles. The van der Waals surface area contributed by atoms with Gasteiger partial charge in [-0.2, -0.15) is 0 Å². The number of hydrogen-bond acceptors (Lipinski definition) is 3. The molecule has 102 valence electrons. The van der Waals surface area contributed by atoms with Gasteiger partial charge in [0, 0.05) is 15.9 Å². The maximum absolute atomic E-state index is 12.0. The standard InChI is InChI=1S/C12H13BrN2O3S/c1-7-2-3-8(4-9(7)13)14-12(18)15-6-19-5-10(15)11(16)17/h2-4,10H,5-6H2,1H3,(H,14,18)(H,16,17)/t10-/m0/s1. The van der Waals surface area contributed by atoms with Gasteiger partial charge in [0.05, 0.1) is 5.88 Å². The third-order valence-corrected chi connectivity index (χ3v) is 4.72. The van der Waals surface area contributed by atoms with Crippen LogP contribution in [0.4, 0.5) is 10.5 Å². The number of aryl methyl sites for hydroxylation is 1. The maximum Gasteiger partial charge on any atom is 0.327 e. The summed E-state index contributed by atoms with van der Waals surface area (Å²) in [5.74, 6) is -0.138. The highest BCUT2D eigenvalue weighted by atomic mass is 79.9. The second-order valence-electron chi connectivity index (χ2n) is 4.22. The van der Waals surface area contributed by atoms with Crippen molar-refractivity contribution in [1.82, 2.24) is 4.90 Å². The number of benzene rings is 1. The minimum atomic E-state index is -0.967. The summed E-state index contributed by atoms with van der Waals surface area (Å²) in [6.45, 7) is 1.95. The second-order valence-corrected chi connectivity index (χ2v) is 6.07.